The Morgan fingerprint density at radius 2 is 2.07 bits per heavy atom. The van der Waals surface area contributed by atoms with Crippen molar-refractivity contribution < 1.29 is 31.9 Å². The number of rotatable bonds is 6. The van der Waals surface area contributed by atoms with Crippen LogP contribution in [0.25, 0.3) is 0 Å². The first-order valence-electron chi connectivity index (χ1n) is 8.92. The fourth-order valence-electron chi connectivity index (χ4n) is 3.79. The number of ether oxygens (including phenoxy) is 1. The molecule has 0 aromatic heterocycles. The summed E-state index contributed by atoms with van der Waals surface area (Å²) in [6.45, 7) is -1.01. The topological polar surface area (TPSA) is 55.4 Å². The van der Waals surface area contributed by atoms with E-state index in [1.807, 2.05) is 0 Å². The van der Waals surface area contributed by atoms with E-state index in [1.54, 1.807) is 6.92 Å². The number of hydrogen-bond acceptors (Lipinski definition) is 4. The molecule has 0 spiro atoms. The molecule has 3 rings (SSSR count). The van der Waals surface area contributed by atoms with Gasteiger partial charge in [0.05, 0.1) is 17.9 Å². The molecule has 0 bridgehead atoms. The van der Waals surface area contributed by atoms with Crippen LogP contribution in [-0.2, 0) is 14.3 Å². The zero-order chi connectivity index (χ0) is 20.4. The van der Waals surface area contributed by atoms with E-state index in [0.717, 1.165) is 6.07 Å². The predicted molar refractivity (Wildman–Crippen MR) is 93.0 cm³/mol. The van der Waals surface area contributed by atoms with E-state index in [4.69, 9.17) is 4.74 Å². The first-order chi connectivity index (χ1) is 13.4. The van der Waals surface area contributed by atoms with Gasteiger partial charge in [-0.25, -0.2) is 22.4 Å². The Balaban J connectivity index is 2.28. The van der Waals surface area contributed by atoms with Crippen molar-refractivity contribution >= 4 is 11.8 Å². The van der Waals surface area contributed by atoms with Crippen LogP contribution in [0.3, 0.4) is 0 Å². The molecular formula is C20H19F4NO3. The maximum atomic E-state index is 14.4. The van der Waals surface area contributed by atoms with Crippen molar-refractivity contribution in [2.75, 3.05) is 20.0 Å². The Labute approximate surface area is 159 Å². The van der Waals surface area contributed by atoms with Crippen LogP contribution < -0.4 is 5.32 Å². The number of hydrogen-bond donors (Lipinski definition) is 1. The highest BCUT2D eigenvalue weighted by Crippen LogP contribution is 2.46. The minimum atomic E-state index is -2.29. The van der Waals surface area contributed by atoms with Gasteiger partial charge in [-0.1, -0.05) is 12.1 Å². The van der Waals surface area contributed by atoms with Crippen LogP contribution in [0.5, 0.6) is 0 Å². The quantitative estimate of drug-likeness (QED) is 0.585. The van der Waals surface area contributed by atoms with E-state index in [-0.39, 0.29) is 47.6 Å². The third kappa shape index (κ3) is 3.31. The van der Waals surface area contributed by atoms with Crippen LogP contribution in [0.15, 0.2) is 40.7 Å². The Morgan fingerprint density at radius 3 is 2.71 bits per heavy atom. The van der Waals surface area contributed by atoms with Crippen molar-refractivity contribution in [3.05, 3.63) is 57.7 Å². The molecule has 1 heterocycles. The molecule has 0 fully saturated rings. The molecule has 1 aliphatic carbocycles. The average molecular weight is 397 g/mol. The summed E-state index contributed by atoms with van der Waals surface area (Å²) in [6.07, 6.45) is -1.88. The Hall–Kier alpha value is -2.64. The molecule has 1 aliphatic heterocycles. The molecule has 28 heavy (non-hydrogen) atoms. The fourth-order valence-corrected chi connectivity index (χ4v) is 3.79. The molecule has 1 aromatic rings. The first-order valence-corrected chi connectivity index (χ1v) is 8.92. The number of allylic oxidation sites excluding steroid dienone is 3. The van der Waals surface area contributed by atoms with Crippen LogP contribution in [0.1, 0.15) is 43.0 Å². The van der Waals surface area contributed by atoms with Gasteiger partial charge >= 0.3 is 5.97 Å². The van der Waals surface area contributed by atoms with Gasteiger partial charge in [0, 0.05) is 29.2 Å². The van der Waals surface area contributed by atoms with E-state index in [0.29, 0.717) is 5.70 Å². The monoisotopic (exact) mass is 397 g/mol. The smallest absolute Gasteiger partial charge is 0.336 e. The Kier molecular flexibility index (Phi) is 5.86. The van der Waals surface area contributed by atoms with Gasteiger partial charge in [-0.05, 0) is 25.0 Å². The number of esters is 1. The third-order valence-corrected chi connectivity index (χ3v) is 4.91. The molecule has 8 heteroatoms. The van der Waals surface area contributed by atoms with Crippen molar-refractivity contribution in [1.82, 2.24) is 5.32 Å². The molecule has 0 saturated carbocycles. The maximum Gasteiger partial charge on any atom is 0.336 e. The number of carbonyl (C=O) groups excluding carboxylic acids is 2. The molecule has 0 radical (unpaired) electrons. The lowest BCUT2D eigenvalue weighted by Gasteiger charge is -2.31. The zero-order valence-corrected chi connectivity index (χ0v) is 15.2. The highest BCUT2D eigenvalue weighted by molar-refractivity contribution is 6.05. The highest BCUT2D eigenvalue weighted by atomic mass is 19.2. The van der Waals surface area contributed by atoms with Crippen molar-refractivity contribution in [3.8, 4) is 0 Å². The first kappa shape index (κ1) is 20.1. The fraction of sp³-hybridized carbons (Fsp3) is 0.400. The minimum absolute atomic E-state index is 0.0132. The molecular weight excluding hydrogens is 378 g/mol. The third-order valence-electron chi connectivity index (χ3n) is 4.91. The van der Waals surface area contributed by atoms with E-state index < -0.39 is 42.8 Å². The summed E-state index contributed by atoms with van der Waals surface area (Å²) in [5.41, 5.74) is -0.467. The second-order valence-electron chi connectivity index (χ2n) is 6.48. The number of Topliss-reactive ketones (excluding diaryl/α,β-unsaturated/α-hetero) is 1. The Bertz CT molecular complexity index is 878. The summed E-state index contributed by atoms with van der Waals surface area (Å²) < 4.78 is 60.5. The van der Waals surface area contributed by atoms with Crippen LogP contribution in [0.4, 0.5) is 17.6 Å². The van der Waals surface area contributed by atoms with Gasteiger partial charge in [0.2, 0.25) is 0 Å². The Morgan fingerprint density at radius 1 is 1.32 bits per heavy atom. The lowest BCUT2D eigenvalue weighted by atomic mass is 9.77. The van der Waals surface area contributed by atoms with E-state index in [9.17, 15) is 27.2 Å². The van der Waals surface area contributed by atoms with Gasteiger partial charge in [-0.2, -0.15) is 0 Å². The second kappa shape index (κ2) is 8.16. The SMILES string of the molecule is CCOC(=O)C1=C(CF)NC2=C(C(=O)CC2)[C@H]1c1cccc(F)c1[C@@H](F)CF. The van der Waals surface area contributed by atoms with Gasteiger partial charge < -0.3 is 10.1 Å². The summed E-state index contributed by atoms with van der Waals surface area (Å²) in [5, 5.41) is 2.76. The minimum Gasteiger partial charge on any atom is -0.463 e. The van der Waals surface area contributed by atoms with Crippen LogP contribution >= 0.6 is 0 Å². The molecule has 0 unspecified atom stereocenters. The van der Waals surface area contributed by atoms with E-state index in [1.165, 1.54) is 12.1 Å². The number of alkyl halides is 3. The summed E-state index contributed by atoms with van der Waals surface area (Å²) in [6, 6.07) is 3.57. The lowest BCUT2D eigenvalue weighted by molar-refractivity contribution is -0.138. The lowest BCUT2D eigenvalue weighted by Crippen LogP contribution is -2.32. The highest BCUT2D eigenvalue weighted by Gasteiger charge is 2.43. The largest absolute Gasteiger partial charge is 0.463 e. The maximum absolute atomic E-state index is 14.4. The number of benzene rings is 1. The van der Waals surface area contributed by atoms with E-state index >= 15 is 0 Å². The van der Waals surface area contributed by atoms with Gasteiger partial charge in [-0.3, -0.25) is 4.79 Å². The number of halogens is 4. The molecule has 2 aliphatic rings. The van der Waals surface area contributed by atoms with Gasteiger partial charge in [0.15, 0.2) is 12.0 Å². The molecule has 0 saturated heterocycles. The van der Waals surface area contributed by atoms with E-state index in [2.05, 4.69) is 5.32 Å². The number of carbonyl (C=O) groups is 2. The molecule has 1 N–H and O–H groups in total. The second-order valence-corrected chi connectivity index (χ2v) is 6.48. The van der Waals surface area contributed by atoms with Gasteiger partial charge in [-0.15, -0.1) is 0 Å². The van der Waals surface area contributed by atoms with Gasteiger partial charge in [0.25, 0.3) is 0 Å². The van der Waals surface area contributed by atoms with Crippen LogP contribution in [-0.4, -0.2) is 31.7 Å². The van der Waals surface area contributed by atoms with Crippen molar-refractivity contribution in [2.45, 2.75) is 31.9 Å². The van der Waals surface area contributed by atoms with Crippen LogP contribution in [0, 0.1) is 5.82 Å². The van der Waals surface area contributed by atoms with Crippen LogP contribution in [0.2, 0.25) is 0 Å². The number of dihydropyridines is 1. The number of nitrogens with one attached hydrogen (secondary N) is 1. The zero-order valence-electron chi connectivity index (χ0n) is 15.2. The van der Waals surface area contributed by atoms with Crippen molar-refractivity contribution in [1.29, 1.82) is 0 Å². The summed E-state index contributed by atoms with van der Waals surface area (Å²) in [5.74, 6) is -3.45. The summed E-state index contributed by atoms with van der Waals surface area (Å²) >= 11 is 0. The molecule has 4 nitrogen and oxygen atoms in total. The van der Waals surface area contributed by atoms with Crippen molar-refractivity contribution in [2.24, 2.45) is 0 Å². The van der Waals surface area contributed by atoms with Gasteiger partial charge in [0.1, 0.15) is 19.2 Å². The van der Waals surface area contributed by atoms with Crippen molar-refractivity contribution in [3.63, 3.8) is 0 Å². The normalized spacial score (nSPS) is 20.2. The average Bonchev–Trinajstić information content (AvgIpc) is 3.06. The molecule has 1 aromatic carbocycles. The number of ketones is 1. The summed E-state index contributed by atoms with van der Waals surface area (Å²) in [4.78, 5) is 25.1. The summed E-state index contributed by atoms with van der Waals surface area (Å²) in [7, 11) is 0. The molecule has 2 atom stereocenters. The molecule has 150 valence electrons. The standard InChI is InChI=1S/C20H19F4NO3/c1-2-28-20(27)19-14(9-22)25-13-6-7-15(26)18(13)17(19)10-4-3-5-11(23)16(10)12(24)8-21/h3-5,12,17,25H,2,6-9H2,1H3/t12-,17+/m0/s1. The predicted octanol–water partition coefficient (Wildman–Crippen LogP) is 3.90. The molecule has 0 amide bonds.